The maximum atomic E-state index is 13.3. The van der Waals surface area contributed by atoms with E-state index in [1.165, 1.54) is 44.1 Å². The number of hydrogen-bond donors (Lipinski definition) is 9. The lowest BCUT2D eigenvalue weighted by molar-refractivity contribution is -0.143. The van der Waals surface area contributed by atoms with Crippen LogP contribution >= 0.6 is 0 Å². The van der Waals surface area contributed by atoms with Crippen molar-refractivity contribution < 1.29 is 34.5 Å². The van der Waals surface area contributed by atoms with E-state index in [4.69, 9.17) is 5.73 Å². The summed E-state index contributed by atoms with van der Waals surface area (Å²) in [4.78, 5) is 64.2. The largest absolute Gasteiger partial charge is 0.508 e. The Hall–Kier alpha value is -4.76. The normalized spacial score (nSPS) is 14.8. The van der Waals surface area contributed by atoms with E-state index in [1.54, 1.807) is 12.1 Å². The molecule has 2 aromatic heterocycles. The summed E-state index contributed by atoms with van der Waals surface area (Å²) < 4.78 is 0. The first-order valence-corrected chi connectivity index (χ1v) is 12.3. The number of nitrogens with two attached hydrogens (primary N) is 1. The Morgan fingerprint density at radius 1 is 0.850 bits per heavy atom. The van der Waals surface area contributed by atoms with E-state index in [1.807, 2.05) is 0 Å². The summed E-state index contributed by atoms with van der Waals surface area (Å²) in [6.07, 6.45) is 4.25. The Bertz CT molecular complexity index is 1260. The van der Waals surface area contributed by atoms with Crippen molar-refractivity contribution in [2.75, 3.05) is 0 Å². The highest BCUT2D eigenvalue weighted by Gasteiger charge is 2.33. The minimum atomic E-state index is -1.55. The van der Waals surface area contributed by atoms with Gasteiger partial charge in [-0.05, 0) is 24.6 Å². The number of benzene rings is 1. The number of aromatic nitrogens is 4. The molecule has 0 saturated heterocycles. The maximum absolute atomic E-state index is 13.3. The van der Waals surface area contributed by atoms with Gasteiger partial charge in [0.1, 0.15) is 23.9 Å². The van der Waals surface area contributed by atoms with Crippen molar-refractivity contribution in [3.63, 3.8) is 0 Å². The Morgan fingerprint density at radius 2 is 1.43 bits per heavy atom. The number of phenolic OH excluding ortho intramolecular Hbond substituents is 1. The van der Waals surface area contributed by atoms with Crippen LogP contribution in [0.15, 0.2) is 49.3 Å². The molecule has 0 radical (unpaired) electrons. The maximum Gasteiger partial charge on any atom is 0.326 e. The van der Waals surface area contributed by atoms with Gasteiger partial charge in [0, 0.05) is 43.0 Å². The number of carboxylic acids is 1. The van der Waals surface area contributed by atoms with Crippen molar-refractivity contribution in [3.8, 4) is 5.75 Å². The van der Waals surface area contributed by atoms with E-state index in [0.29, 0.717) is 17.0 Å². The van der Waals surface area contributed by atoms with E-state index in [-0.39, 0.29) is 25.0 Å². The minimum absolute atomic E-state index is 0.00400. The van der Waals surface area contributed by atoms with Gasteiger partial charge < -0.3 is 47.0 Å². The average Bonchev–Trinajstić information content (AvgIpc) is 3.61. The minimum Gasteiger partial charge on any atom is -0.508 e. The van der Waals surface area contributed by atoms with Crippen molar-refractivity contribution in [2.24, 2.45) is 5.73 Å². The molecule has 10 N–H and O–H groups in total. The van der Waals surface area contributed by atoms with Crippen LogP contribution in [-0.2, 0) is 38.4 Å². The summed E-state index contributed by atoms with van der Waals surface area (Å²) in [7, 11) is 0. The fourth-order valence-corrected chi connectivity index (χ4v) is 3.82. The van der Waals surface area contributed by atoms with E-state index < -0.39 is 54.0 Å². The number of nitrogens with zero attached hydrogens (tertiary/aromatic N) is 2. The Morgan fingerprint density at radius 3 is 1.95 bits per heavy atom. The third kappa shape index (κ3) is 8.64. The van der Waals surface area contributed by atoms with Gasteiger partial charge in [0.25, 0.3) is 0 Å². The number of aliphatic hydroxyl groups excluding tert-OH is 1. The van der Waals surface area contributed by atoms with Crippen LogP contribution in [0.5, 0.6) is 5.75 Å². The number of carbonyl (C=O) groups is 4. The van der Waals surface area contributed by atoms with Crippen molar-refractivity contribution in [1.82, 2.24) is 35.9 Å². The van der Waals surface area contributed by atoms with Crippen LogP contribution in [-0.4, -0.2) is 89.2 Å². The highest BCUT2D eigenvalue weighted by molar-refractivity contribution is 5.94. The molecule has 0 spiro atoms. The molecular weight excluding hydrogens is 524 g/mol. The van der Waals surface area contributed by atoms with Gasteiger partial charge in [0.05, 0.1) is 24.8 Å². The van der Waals surface area contributed by atoms with Crippen LogP contribution in [0.2, 0.25) is 0 Å². The second-order valence-electron chi connectivity index (χ2n) is 9.23. The number of amides is 3. The number of H-pyrrole nitrogens is 2. The number of rotatable bonds is 14. The van der Waals surface area contributed by atoms with Crippen LogP contribution in [0.1, 0.15) is 23.9 Å². The molecule has 0 fully saturated rings. The van der Waals surface area contributed by atoms with Gasteiger partial charge in [0.15, 0.2) is 0 Å². The van der Waals surface area contributed by atoms with Crippen LogP contribution in [0.3, 0.4) is 0 Å². The number of aromatic hydroxyl groups is 1. The number of aliphatic carboxylic acids is 1. The molecule has 0 aliphatic rings. The first-order valence-electron chi connectivity index (χ1n) is 12.3. The predicted octanol–water partition coefficient (Wildman–Crippen LogP) is -1.89. The number of carboxylic acid groups (broad SMARTS) is 1. The molecule has 2 heterocycles. The number of aromatic amines is 2. The number of aliphatic hydroxyl groups is 1. The molecule has 3 amide bonds. The van der Waals surface area contributed by atoms with Crippen molar-refractivity contribution in [2.45, 2.75) is 56.5 Å². The van der Waals surface area contributed by atoms with E-state index >= 15 is 0 Å². The molecule has 15 heteroatoms. The zero-order valence-electron chi connectivity index (χ0n) is 21.6. The van der Waals surface area contributed by atoms with Crippen molar-refractivity contribution in [1.29, 1.82) is 0 Å². The molecule has 0 bridgehead atoms. The monoisotopic (exact) mass is 556 g/mol. The zero-order chi connectivity index (χ0) is 29.2. The van der Waals surface area contributed by atoms with Gasteiger partial charge in [0.2, 0.25) is 17.7 Å². The molecule has 0 saturated carbocycles. The van der Waals surface area contributed by atoms with Gasteiger partial charge in [-0.1, -0.05) is 12.1 Å². The van der Waals surface area contributed by atoms with E-state index in [0.717, 1.165) is 0 Å². The first-order chi connectivity index (χ1) is 19.0. The Kier molecular flexibility index (Phi) is 10.3. The van der Waals surface area contributed by atoms with Crippen molar-refractivity contribution >= 4 is 23.7 Å². The molecule has 5 unspecified atom stereocenters. The van der Waals surface area contributed by atoms with Crippen LogP contribution in [0, 0.1) is 0 Å². The predicted molar refractivity (Wildman–Crippen MR) is 139 cm³/mol. The molecule has 1 aromatic carbocycles. The summed E-state index contributed by atoms with van der Waals surface area (Å²) in [5.74, 6) is -3.75. The first kappa shape index (κ1) is 29.8. The smallest absolute Gasteiger partial charge is 0.326 e. The number of nitrogens with one attached hydrogen (secondary N) is 5. The van der Waals surface area contributed by atoms with Gasteiger partial charge in [-0.2, -0.15) is 0 Å². The molecule has 5 atom stereocenters. The van der Waals surface area contributed by atoms with Gasteiger partial charge in [-0.15, -0.1) is 0 Å². The fraction of sp³-hybridized carbons (Fsp3) is 0.360. The zero-order valence-corrected chi connectivity index (χ0v) is 21.6. The molecule has 0 aliphatic carbocycles. The molecule has 15 nitrogen and oxygen atoms in total. The lowest BCUT2D eigenvalue weighted by Crippen LogP contribution is -2.60. The molecule has 40 heavy (non-hydrogen) atoms. The highest BCUT2D eigenvalue weighted by atomic mass is 16.4. The summed E-state index contributed by atoms with van der Waals surface area (Å²) in [6.45, 7) is 1.25. The molecule has 3 rings (SSSR count). The standard InChI is InChI=1S/C25H32N8O7/c1-13(34)21(24(38)32-20(25(39)40)8-16-10-28-12-30-16)33-23(37)19(6-14-2-4-17(35)5-3-14)31-22(36)18(26)7-15-9-27-11-29-15/h2-5,9-13,18-21,34-35H,6-8,26H2,1H3,(H,27,29)(H,28,30)(H,31,36)(H,32,38)(H,33,37)(H,39,40). The van der Waals surface area contributed by atoms with Crippen LogP contribution in [0.25, 0.3) is 0 Å². The number of imidazole rings is 2. The van der Waals surface area contributed by atoms with E-state index in [2.05, 4.69) is 35.9 Å². The highest BCUT2D eigenvalue weighted by Crippen LogP contribution is 2.12. The quantitative estimate of drug-likeness (QED) is 0.107. The summed E-state index contributed by atoms with van der Waals surface area (Å²) in [5, 5.41) is 36.7. The SMILES string of the molecule is CC(O)C(NC(=O)C(Cc1ccc(O)cc1)NC(=O)C(N)Cc1cnc[nH]1)C(=O)NC(Cc1cnc[nH]1)C(=O)O. The third-order valence-electron chi connectivity index (χ3n) is 6.00. The van der Waals surface area contributed by atoms with Gasteiger partial charge >= 0.3 is 5.97 Å². The third-order valence-corrected chi connectivity index (χ3v) is 6.00. The number of hydrogen-bond acceptors (Lipinski definition) is 9. The topological polar surface area (TPSA) is 248 Å². The van der Waals surface area contributed by atoms with Crippen LogP contribution in [0.4, 0.5) is 0 Å². The van der Waals surface area contributed by atoms with Crippen molar-refractivity contribution in [3.05, 3.63) is 66.3 Å². The Labute approximate surface area is 228 Å². The molecule has 0 aliphatic heterocycles. The average molecular weight is 557 g/mol. The Balaban J connectivity index is 1.74. The van der Waals surface area contributed by atoms with Gasteiger partial charge in [-0.3, -0.25) is 14.4 Å². The fourth-order valence-electron chi connectivity index (χ4n) is 3.82. The number of carbonyl (C=O) groups excluding carboxylic acids is 3. The summed E-state index contributed by atoms with van der Waals surface area (Å²) in [5.41, 5.74) is 7.65. The van der Waals surface area contributed by atoms with Gasteiger partial charge in [-0.25, -0.2) is 14.8 Å². The molecule has 3 aromatic rings. The lowest BCUT2D eigenvalue weighted by atomic mass is 10.0. The summed E-state index contributed by atoms with van der Waals surface area (Å²) >= 11 is 0. The number of phenols is 1. The van der Waals surface area contributed by atoms with Crippen LogP contribution < -0.4 is 21.7 Å². The second kappa shape index (κ2) is 13.9. The lowest BCUT2D eigenvalue weighted by Gasteiger charge is -2.26. The second-order valence-corrected chi connectivity index (χ2v) is 9.23. The molecular formula is C25H32N8O7. The molecule has 214 valence electrons. The summed E-state index contributed by atoms with van der Waals surface area (Å²) in [6, 6.07) is 0.732. The van der Waals surface area contributed by atoms with E-state index in [9.17, 15) is 34.5 Å².